The van der Waals surface area contributed by atoms with Gasteiger partial charge >= 0.3 is 12.4 Å². The van der Waals surface area contributed by atoms with Crippen molar-refractivity contribution in [1.82, 2.24) is 24.6 Å². The number of piperidine rings is 1. The summed E-state index contributed by atoms with van der Waals surface area (Å²) in [5.41, 5.74) is -2.21. The van der Waals surface area contributed by atoms with Crippen LogP contribution in [-0.4, -0.2) is 114 Å². The summed E-state index contributed by atoms with van der Waals surface area (Å²) in [4.78, 5) is 39.5. The van der Waals surface area contributed by atoms with Gasteiger partial charge in [-0.05, 0) is 54.7 Å². The number of hydrogen-bond acceptors (Lipinski definition) is 8. The molecule has 9 nitrogen and oxygen atoms in total. The highest BCUT2D eigenvalue weighted by molar-refractivity contribution is 7.10. The molecule has 3 aliphatic rings. The Bertz CT molecular complexity index is 1770. The van der Waals surface area contributed by atoms with Gasteiger partial charge in [-0.25, -0.2) is 0 Å². The summed E-state index contributed by atoms with van der Waals surface area (Å²) in [6.45, 7) is 4.79. The van der Waals surface area contributed by atoms with Crippen molar-refractivity contribution in [3.63, 3.8) is 0 Å². The van der Waals surface area contributed by atoms with Crippen molar-refractivity contribution in [3.05, 3.63) is 80.3 Å². The zero-order chi connectivity index (χ0) is 38.0. The normalized spacial score (nSPS) is 21.8. The maximum Gasteiger partial charge on any atom is 0.425 e. The van der Waals surface area contributed by atoms with Crippen molar-refractivity contribution in [2.45, 2.75) is 56.2 Å². The number of piperazine rings is 1. The Morgan fingerprint density at radius 3 is 2.38 bits per heavy atom. The number of rotatable bonds is 10. The van der Waals surface area contributed by atoms with Crippen LogP contribution in [0.25, 0.3) is 0 Å². The molecule has 2 aromatic heterocycles. The molecule has 2 saturated heterocycles. The van der Waals surface area contributed by atoms with E-state index in [0.29, 0.717) is 49.0 Å². The van der Waals surface area contributed by atoms with Gasteiger partial charge in [-0.15, -0.1) is 11.3 Å². The number of pyridine rings is 1. The van der Waals surface area contributed by atoms with Crippen LogP contribution in [0.15, 0.2) is 48.0 Å². The van der Waals surface area contributed by atoms with E-state index in [-0.39, 0.29) is 44.6 Å². The van der Waals surface area contributed by atoms with E-state index in [1.165, 1.54) is 10.3 Å². The summed E-state index contributed by atoms with van der Waals surface area (Å²) in [5.74, 6) is -1.80. The van der Waals surface area contributed by atoms with Crippen molar-refractivity contribution in [3.8, 4) is 5.75 Å². The molecule has 1 aromatic carbocycles. The summed E-state index contributed by atoms with van der Waals surface area (Å²) < 4.78 is 95.7. The van der Waals surface area contributed by atoms with E-state index in [4.69, 9.17) is 21.1 Å². The number of halogens is 7. The number of methoxy groups -OCH3 is 1. The number of nitrogens with zero attached hydrogens (tertiary/aromatic N) is 5. The molecule has 0 N–H and O–H groups in total. The van der Waals surface area contributed by atoms with E-state index in [1.807, 2.05) is 6.07 Å². The molecule has 0 bridgehead atoms. The van der Waals surface area contributed by atoms with Crippen molar-refractivity contribution in [1.29, 1.82) is 0 Å². The second kappa shape index (κ2) is 16.1. The highest BCUT2D eigenvalue weighted by Gasteiger charge is 2.56. The molecule has 0 spiro atoms. The minimum atomic E-state index is -4.90. The number of alkyl halides is 6. The summed E-state index contributed by atoms with van der Waals surface area (Å²) in [6, 6.07) is 6.86. The molecule has 0 unspecified atom stereocenters. The van der Waals surface area contributed by atoms with E-state index >= 15 is 4.79 Å². The SMILES string of the molecule is COCCN1CCN(CC[C@H]2N(C(=O)c3ncccc3C(F)(F)F)CCC[C@@]2(Oc2csc(C(F)(F)F)c2)C(=O)N2CCc3cc(Cl)ccc3C2)CC1. The van der Waals surface area contributed by atoms with Crippen molar-refractivity contribution < 1.29 is 45.4 Å². The fourth-order valence-electron chi connectivity index (χ4n) is 7.53. The molecular weight excluding hydrogens is 748 g/mol. The van der Waals surface area contributed by atoms with Crippen LogP contribution in [0.2, 0.25) is 5.02 Å². The zero-order valence-corrected chi connectivity index (χ0v) is 30.6. The lowest BCUT2D eigenvalue weighted by atomic mass is 9.79. The number of carbonyl (C=O) groups is 2. The minimum Gasteiger partial charge on any atom is -0.474 e. The number of ether oxygens (including phenoxy) is 2. The number of carbonyl (C=O) groups excluding carboxylic acids is 2. The maximum atomic E-state index is 15.1. The Morgan fingerprint density at radius 1 is 0.962 bits per heavy atom. The molecular formula is C36H40ClF6N5O4S. The summed E-state index contributed by atoms with van der Waals surface area (Å²) in [7, 11) is 1.63. The highest BCUT2D eigenvalue weighted by atomic mass is 35.5. The Kier molecular flexibility index (Phi) is 11.9. The standard InChI is InChI=1S/C36H40ClF6N5O4S/c1-51-19-18-46-16-14-45(15-17-46)12-8-29-34(52-27-21-30(53-23-27)36(41,42)43,33(50)47-13-7-24-20-26(37)6-5-25(24)22-47)9-3-11-48(29)32(49)31-28(35(38,39)40)4-2-10-44-31/h2,4-6,10,20-21,23,29H,3,7-9,11-19,22H2,1H3/t29-,34+/m1/s1. The Hall–Kier alpha value is -3.44. The van der Waals surface area contributed by atoms with Crippen LogP contribution in [-0.2, 0) is 34.8 Å². The average Bonchev–Trinajstić information content (AvgIpc) is 3.62. The summed E-state index contributed by atoms with van der Waals surface area (Å²) in [5, 5.41) is 1.71. The molecule has 3 aliphatic heterocycles. The van der Waals surface area contributed by atoms with Gasteiger partial charge in [0.15, 0.2) is 0 Å². The second-order valence-electron chi connectivity index (χ2n) is 13.5. The zero-order valence-electron chi connectivity index (χ0n) is 29.0. The molecule has 6 rings (SSSR count). The fraction of sp³-hybridized carbons (Fsp3) is 0.528. The number of aromatic nitrogens is 1. The summed E-state index contributed by atoms with van der Waals surface area (Å²) in [6.07, 6.45) is -7.78. The monoisotopic (exact) mass is 787 g/mol. The first-order valence-electron chi connectivity index (χ1n) is 17.4. The molecule has 2 atom stereocenters. The average molecular weight is 788 g/mol. The van der Waals surface area contributed by atoms with Crippen LogP contribution in [0.4, 0.5) is 26.3 Å². The molecule has 288 valence electrons. The van der Waals surface area contributed by atoms with Crippen molar-refractivity contribution in [2.75, 3.05) is 66.1 Å². The van der Waals surface area contributed by atoms with Crippen LogP contribution >= 0.6 is 22.9 Å². The van der Waals surface area contributed by atoms with Gasteiger partial charge in [0.1, 0.15) is 16.3 Å². The largest absolute Gasteiger partial charge is 0.474 e. The number of fused-ring (bicyclic) bond motifs is 1. The van der Waals surface area contributed by atoms with E-state index in [2.05, 4.69) is 14.8 Å². The lowest BCUT2D eigenvalue weighted by molar-refractivity contribution is -0.160. The lowest BCUT2D eigenvalue weighted by Gasteiger charge is -2.50. The summed E-state index contributed by atoms with van der Waals surface area (Å²) >= 11 is 6.63. The molecule has 0 aliphatic carbocycles. The van der Waals surface area contributed by atoms with Gasteiger partial charge < -0.3 is 24.2 Å². The number of hydrogen-bond donors (Lipinski definition) is 0. The van der Waals surface area contributed by atoms with Gasteiger partial charge in [0.2, 0.25) is 5.60 Å². The number of likely N-dealkylation sites (tertiary alicyclic amines) is 1. The third-order valence-electron chi connectivity index (χ3n) is 10.2. The van der Waals surface area contributed by atoms with E-state index in [9.17, 15) is 31.1 Å². The highest BCUT2D eigenvalue weighted by Crippen LogP contribution is 2.43. The molecule has 0 saturated carbocycles. The Morgan fingerprint density at radius 2 is 1.70 bits per heavy atom. The predicted octanol–water partition coefficient (Wildman–Crippen LogP) is 6.50. The molecule has 2 fully saturated rings. The van der Waals surface area contributed by atoms with Gasteiger partial charge in [-0.3, -0.25) is 19.5 Å². The second-order valence-corrected chi connectivity index (χ2v) is 14.9. The van der Waals surface area contributed by atoms with Gasteiger partial charge in [0, 0.05) is 95.1 Å². The topological polar surface area (TPSA) is 78.5 Å². The minimum absolute atomic E-state index is 0.0145. The third kappa shape index (κ3) is 8.77. The molecule has 17 heteroatoms. The van der Waals surface area contributed by atoms with Crippen molar-refractivity contribution >= 4 is 34.8 Å². The van der Waals surface area contributed by atoms with Crippen LogP contribution in [0.1, 0.15) is 51.3 Å². The maximum absolute atomic E-state index is 15.1. The van der Waals surface area contributed by atoms with Gasteiger partial charge in [0.05, 0.1) is 18.2 Å². The van der Waals surface area contributed by atoms with E-state index in [0.717, 1.165) is 55.2 Å². The fourth-order valence-corrected chi connectivity index (χ4v) is 8.40. The van der Waals surface area contributed by atoms with E-state index < -0.39 is 51.9 Å². The number of amides is 2. The predicted molar refractivity (Wildman–Crippen MR) is 186 cm³/mol. The first-order valence-corrected chi connectivity index (χ1v) is 18.6. The molecule has 5 heterocycles. The van der Waals surface area contributed by atoms with Crippen LogP contribution in [0.3, 0.4) is 0 Å². The first-order chi connectivity index (χ1) is 25.2. The van der Waals surface area contributed by atoms with Crippen LogP contribution in [0.5, 0.6) is 5.75 Å². The molecule has 3 aromatic rings. The first kappa shape index (κ1) is 39.3. The number of thiophene rings is 1. The smallest absolute Gasteiger partial charge is 0.425 e. The Balaban J connectivity index is 1.40. The van der Waals surface area contributed by atoms with Gasteiger partial charge in [-0.1, -0.05) is 17.7 Å². The molecule has 2 amide bonds. The lowest BCUT2D eigenvalue weighted by Crippen LogP contribution is -2.68. The van der Waals surface area contributed by atoms with E-state index in [1.54, 1.807) is 24.1 Å². The van der Waals surface area contributed by atoms with Crippen LogP contribution in [0, 0.1) is 0 Å². The molecule has 53 heavy (non-hydrogen) atoms. The number of benzene rings is 1. The Labute approximate surface area is 312 Å². The quantitative estimate of drug-likeness (QED) is 0.218. The van der Waals surface area contributed by atoms with Gasteiger partial charge in [-0.2, -0.15) is 26.3 Å². The van der Waals surface area contributed by atoms with Crippen molar-refractivity contribution in [2.24, 2.45) is 0 Å². The third-order valence-corrected chi connectivity index (χ3v) is 11.4. The van der Waals surface area contributed by atoms with Gasteiger partial charge in [0.25, 0.3) is 11.8 Å². The van der Waals surface area contributed by atoms with Crippen LogP contribution < -0.4 is 4.74 Å². The molecule has 0 radical (unpaired) electrons.